The van der Waals surface area contributed by atoms with Gasteiger partial charge in [-0.2, -0.15) is 0 Å². The predicted molar refractivity (Wildman–Crippen MR) is 75.3 cm³/mol. The van der Waals surface area contributed by atoms with E-state index in [1.807, 2.05) is 19.1 Å². The van der Waals surface area contributed by atoms with Crippen LogP contribution in [0.5, 0.6) is 0 Å². The summed E-state index contributed by atoms with van der Waals surface area (Å²) < 4.78 is 13.1. The molecule has 0 saturated carbocycles. The first-order valence-electron chi connectivity index (χ1n) is 5.24. The summed E-state index contributed by atoms with van der Waals surface area (Å²) in [6.07, 6.45) is 0. The minimum absolute atomic E-state index is 0.222. The lowest BCUT2D eigenvalue weighted by molar-refractivity contribution is 0.628. The quantitative estimate of drug-likeness (QED) is 0.780. The summed E-state index contributed by atoms with van der Waals surface area (Å²) in [5.74, 6) is -0.473. The second kappa shape index (κ2) is 5.04. The van der Waals surface area contributed by atoms with Gasteiger partial charge in [-0.1, -0.05) is 23.2 Å². The summed E-state index contributed by atoms with van der Waals surface area (Å²) in [6, 6.07) is 7.90. The summed E-state index contributed by atoms with van der Waals surface area (Å²) in [6.45, 7) is 1.93. The molecule has 0 aliphatic rings. The molecule has 0 aliphatic carbocycles. The molecule has 0 amide bonds. The standard InChI is InChI=1S/C13H11Cl2FN2/c1-7-2-9(17)6-10(3-7)18-13-11(14)4-8(16)5-12(13)15/h2-6,18H,17H2,1H3. The Balaban J connectivity index is 2.40. The number of nitrogens with one attached hydrogen (secondary N) is 1. The SMILES string of the molecule is Cc1cc(N)cc(Nc2c(Cl)cc(F)cc2Cl)c1. The number of anilines is 3. The van der Waals surface area contributed by atoms with Crippen molar-refractivity contribution in [3.05, 3.63) is 51.8 Å². The molecule has 0 aliphatic heterocycles. The second-order valence-corrected chi connectivity index (χ2v) is 4.82. The average Bonchev–Trinajstić information content (AvgIpc) is 2.22. The van der Waals surface area contributed by atoms with Gasteiger partial charge in [0.1, 0.15) is 5.82 Å². The first kappa shape index (κ1) is 13.0. The highest BCUT2D eigenvalue weighted by atomic mass is 35.5. The number of hydrogen-bond acceptors (Lipinski definition) is 2. The Kier molecular flexibility index (Phi) is 3.64. The lowest BCUT2D eigenvalue weighted by atomic mass is 10.2. The van der Waals surface area contributed by atoms with Crippen LogP contribution in [0.15, 0.2) is 30.3 Å². The van der Waals surface area contributed by atoms with E-state index in [4.69, 9.17) is 28.9 Å². The fourth-order valence-electron chi connectivity index (χ4n) is 1.69. The first-order chi connectivity index (χ1) is 8.45. The highest BCUT2D eigenvalue weighted by molar-refractivity contribution is 6.39. The lowest BCUT2D eigenvalue weighted by Gasteiger charge is -2.12. The predicted octanol–water partition coefficient (Wildman–Crippen LogP) is 4.77. The number of nitrogens with two attached hydrogens (primary N) is 1. The van der Waals surface area contributed by atoms with Gasteiger partial charge in [0.2, 0.25) is 0 Å². The molecule has 0 aromatic heterocycles. The molecule has 3 N–H and O–H groups in total. The first-order valence-corrected chi connectivity index (χ1v) is 6.00. The van der Waals surface area contributed by atoms with Crippen molar-refractivity contribution in [1.82, 2.24) is 0 Å². The van der Waals surface area contributed by atoms with Crippen LogP contribution in [0, 0.1) is 12.7 Å². The van der Waals surface area contributed by atoms with Gasteiger partial charge in [0.05, 0.1) is 15.7 Å². The van der Waals surface area contributed by atoms with E-state index in [1.54, 1.807) is 6.07 Å². The van der Waals surface area contributed by atoms with Gasteiger partial charge in [-0.05, 0) is 42.8 Å². The lowest BCUT2D eigenvalue weighted by Crippen LogP contribution is -1.96. The molecule has 5 heteroatoms. The van der Waals surface area contributed by atoms with Crippen molar-refractivity contribution in [2.45, 2.75) is 6.92 Å². The molecule has 0 heterocycles. The van der Waals surface area contributed by atoms with Gasteiger partial charge < -0.3 is 11.1 Å². The van der Waals surface area contributed by atoms with E-state index in [2.05, 4.69) is 5.32 Å². The maximum Gasteiger partial charge on any atom is 0.126 e. The molecule has 2 aromatic rings. The Morgan fingerprint density at radius 2 is 1.67 bits per heavy atom. The average molecular weight is 285 g/mol. The van der Waals surface area contributed by atoms with Crippen LogP contribution < -0.4 is 11.1 Å². The molecule has 0 unspecified atom stereocenters. The highest BCUT2D eigenvalue weighted by Gasteiger charge is 2.09. The maximum atomic E-state index is 13.1. The van der Waals surface area contributed by atoms with E-state index in [9.17, 15) is 4.39 Å². The third kappa shape index (κ3) is 2.86. The molecule has 0 fully saturated rings. The molecule has 2 rings (SSSR count). The van der Waals surface area contributed by atoms with E-state index in [0.29, 0.717) is 11.4 Å². The fourth-order valence-corrected chi connectivity index (χ4v) is 2.25. The molecular weight excluding hydrogens is 274 g/mol. The normalized spacial score (nSPS) is 10.4. The van der Waals surface area contributed by atoms with Gasteiger partial charge in [0.25, 0.3) is 0 Å². The van der Waals surface area contributed by atoms with E-state index in [-0.39, 0.29) is 10.0 Å². The van der Waals surface area contributed by atoms with Gasteiger partial charge >= 0.3 is 0 Å². The number of benzene rings is 2. The summed E-state index contributed by atoms with van der Waals surface area (Å²) in [5, 5.41) is 3.48. The number of nitrogen functional groups attached to an aromatic ring is 1. The Morgan fingerprint density at radius 3 is 2.22 bits per heavy atom. The number of rotatable bonds is 2. The minimum Gasteiger partial charge on any atom is -0.399 e. The monoisotopic (exact) mass is 284 g/mol. The number of halogens is 3. The van der Waals surface area contributed by atoms with Crippen molar-refractivity contribution >= 4 is 40.3 Å². The molecule has 0 atom stereocenters. The van der Waals surface area contributed by atoms with Crippen LogP contribution in [0.3, 0.4) is 0 Å². The Bertz CT molecular complexity index is 556. The van der Waals surface area contributed by atoms with Crippen molar-refractivity contribution in [2.75, 3.05) is 11.1 Å². The van der Waals surface area contributed by atoms with E-state index in [1.165, 1.54) is 12.1 Å². The Labute approximate surface area is 115 Å². The second-order valence-electron chi connectivity index (χ2n) is 4.00. The Hall–Kier alpha value is -1.45. The van der Waals surface area contributed by atoms with Crippen LogP contribution in [0.2, 0.25) is 10.0 Å². The van der Waals surface area contributed by atoms with Crippen molar-refractivity contribution in [2.24, 2.45) is 0 Å². The molecular formula is C13H11Cl2FN2. The Morgan fingerprint density at radius 1 is 1.06 bits per heavy atom. The minimum atomic E-state index is -0.473. The molecule has 2 aromatic carbocycles. The molecule has 2 nitrogen and oxygen atoms in total. The van der Waals surface area contributed by atoms with Gasteiger partial charge in [0.15, 0.2) is 0 Å². The third-order valence-electron chi connectivity index (χ3n) is 2.38. The number of aryl methyl sites for hydroxylation is 1. The van der Waals surface area contributed by atoms with Crippen LogP contribution >= 0.6 is 23.2 Å². The van der Waals surface area contributed by atoms with Gasteiger partial charge in [-0.25, -0.2) is 4.39 Å². The summed E-state index contributed by atoms with van der Waals surface area (Å²) in [5.41, 5.74) is 8.60. The fraction of sp³-hybridized carbons (Fsp3) is 0.0769. The smallest absolute Gasteiger partial charge is 0.126 e. The van der Waals surface area contributed by atoms with E-state index in [0.717, 1.165) is 11.3 Å². The van der Waals surface area contributed by atoms with Crippen molar-refractivity contribution < 1.29 is 4.39 Å². The van der Waals surface area contributed by atoms with Gasteiger partial charge in [-0.15, -0.1) is 0 Å². The van der Waals surface area contributed by atoms with Crippen LogP contribution in [-0.2, 0) is 0 Å². The molecule has 0 bridgehead atoms. The third-order valence-corrected chi connectivity index (χ3v) is 2.97. The molecule has 18 heavy (non-hydrogen) atoms. The highest BCUT2D eigenvalue weighted by Crippen LogP contribution is 2.34. The molecule has 0 radical (unpaired) electrons. The summed E-state index contributed by atoms with van der Waals surface area (Å²) in [7, 11) is 0. The van der Waals surface area contributed by atoms with Crippen LogP contribution in [-0.4, -0.2) is 0 Å². The summed E-state index contributed by atoms with van der Waals surface area (Å²) >= 11 is 11.9. The zero-order valence-corrected chi connectivity index (χ0v) is 11.1. The topological polar surface area (TPSA) is 38.0 Å². The van der Waals surface area contributed by atoms with Crippen LogP contribution in [0.25, 0.3) is 0 Å². The van der Waals surface area contributed by atoms with Gasteiger partial charge in [0, 0.05) is 11.4 Å². The zero-order chi connectivity index (χ0) is 13.3. The van der Waals surface area contributed by atoms with Crippen molar-refractivity contribution in [3.8, 4) is 0 Å². The van der Waals surface area contributed by atoms with Gasteiger partial charge in [-0.3, -0.25) is 0 Å². The van der Waals surface area contributed by atoms with Crippen LogP contribution in [0.1, 0.15) is 5.56 Å². The zero-order valence-electron chi connectivity index (χ0n) is 9.60. The van der Waals surface area contributed by atoms with Crippen molar-refractivity contribution in [1.29, 1.82) is 0 Å². The van der Waals surface area contributed by atoms with E-state index < -0.39 is 5.82 Å². The molecule has 0 saturated heterocycles. The molecule has 94 valence electrons. The van der Waals surface area contributed by atoms with E-state index >= 15 is 0 Å². The maximum absolute atomic E-state index is 13.1. The van der Waals surface area contributed by atoms with Crippen molar-refractivity contribution in [3.63, 3.8) is 0 Å². The van der Waals surface area contributed by atoms with Crippen LogP contribution in [0.4, 0.5) is 21.5 Å². The molecule has 0 spiro atoms. The number of hydrogen-bond donors (Lipinski definition) is 2. The largest absolute Gasteiger partial charge is 0.399 e. The summed E-state index contributed by atoms with van der Waals surface area (Å²) in [4.78, 5) is 0.